The van der Waals surface area contributed by atoms with Crippen LogP contribution in [0.1, 0.15) is 67.4 Å². The molecule has 0 fully saturated rings. The van der Waals surface area contributed by atoms with E-state index < -0.39 is 11.8 Å². The van der Waals surface area contributed by atoms with Crippen LogP contribution in [0.15, 0.2) is 48.9 Å². The van der Waals surface area contributed by atoms with E-state index in [1.54, 1.807) is 18.2 Å². The highest BCUT2D eigenvalue weighted by molar-refractivity contribution is 5.98. The number of hydrogen-bond donors (Lipinski definition) is 2. The summed E-state index contributed by atoms with van der Waals surface area (Å²) in [5, 5.41) is 9.83. The van der Waals surface area contributed by atoms with Crippen LogP contribution in [0, 0.1) is 6.57 Å². The van der Waals surface area contributed by atoms with Gasteiger partial charge in [-0.2, -0.15) is 14.6 Å². The third-order valence-electron chi connectivity index (χ3n) is 6.03. The van der Waals surface area contributed by atoms with E-state index in [0.29, 0.717) is 17.5 Å². The van der Waals surface area contributed by atoms with Gasteiger partial charge in [-0.25, -0.2) is 4.98 Å². The van der Waals surface area contributed by atoms with Gasteiger partial charge in [-0.05, 0) is 54.7 Å². The first kappa shape index (κ1) is 22.8. The molecule has 2 N–H and O–H groups in total. The second-order valence-corrected chi connectivity index (χ2v) is 8.35. The predicted octanol–water partition coefficient (Wildman–Crippen LogP) is 2.62. The minimum atomic E-state index is -0.501. The van der Waals surface area contributed by atoms with Crippen molar-refractivity contribution < 1.29 is 14.4 Å². The highest BCUT2D eigenvalue weighted by Crippen LogP contribution is 2.32. The lowest BCUT2D eigenvalue weighted by Gasteiger charge is -2.15. The summed E-state index contributed by atoms with van der Waals surface area (Å²) in [6, 6.07) is 9.93. The summed E-state index contributed by atoms with van der Waals surface area (Å²) in [4.78, 5) is 53.3. The summed E-state index contributed by atoms with van der Waals surface area (Å²) >= 11 is 0. The van der Waals surface area contributed by atoms with Crippen molar-refractivity contribution in [3.05, 3.63) is 94.0 Å². The molecule has 3 aromatic heterocycles. The lowest BCUT2D eigenvalue weighted by Crippen LogP contribution is -2.30. The van der Waals surface area contributed by atoms with Crippen molar-refractivity contribution in [3.63, 3.8) is 0 Å². The van der Waals surface area contributed by atoms with Gasteiger partial charge in [0.15, 0.2) is 5.78 Å². The molecule has 0 saturated carbocycles. The first-order chi connectivity index (χ1) is 17.4. The van der Waals surface area contributed by atoms with Crippen LogP contribution in [-0.4, -0.2) is 42.2 Å². The number of nitrogens with zero attached hydrogens (tertiary/aromatic N) is 6. The number of carbonyl (C=O) groups is 3. The zero-order valence-corrected chi connectivity index (χ0v) is 19.2. The number of aryl methyl sites for hydroxylation is 1. The third kappa shape index (κ3) is 4.39. The van der Waals surface area contributed by atoms with E-state index in [4.69, 9.17) is 6.57 Å². The van der Waals surface area contributed by atoms with Gasteiger partial charge < -0.3 is 15.5 Å². The van der Waals surface area contributed by atoms with Gasteiger partial charge in [0.1, 0.15) is 23.9 Å². The average molecular weight is 480 g/mol. The fraction of sp³-hybridized carbons (Fsp3) is 0.200. The molecule has 2 amide bonds. The molecule has 5 rings (SSSR count). The van der Waals surface area contributed by atoms with Crippen molar-refractivity contribution in [2.24, 2.45) is 0 Å². The summed E-state index contributed by atoms with van der Waals surface area (Å²) in [5.41, 5.74) is 3.48. The number of aromatic nitrogens is 5. The van der Waals surface area contributed by atoms with Crippen molar-refractivity contribution in [1.29, 1.82) is 0 Å². The number of carbonyl (C=O) groups excluding carboxylic acids is 3. The molecule has 178 valence electrons. The fourth-order valence-corrected chi connectivity index (χ4v) is 4.21. The topological polar surface area (TPSA) is 136 Å². The van der Waals surface area contributed by atoms with E-state index in [1.807, 2.05) is 12.1 Å². The summed E-state index contributed by atoms with van der Waals surface area (Å²) in [6.07, 6.45) is 4.20. The van der Waals surface area contributed by atoms with E-state index in [0.717, 1.165) is 17.5 Å². The van der Waals surface area contributed by atoms with E-state index in [2.05, 4.69) is 35.5 Å². The Bertz CT molecular complexity index is 1570. The number of benzene rings is 1. The molecular weight excluding hydrogens is 460 g/mol. The Kier molecular flexibility index (Phi) is 5.92. The summed E-state index contributed by atoms with van der Waals surface area (Å²) in [6.45, 7) is 8.75. The van der Waals surface area contributed by atoms with E-state index in [9.17, 15) is 14.4 Å². The van der Waals surface area contributed by atoms with Gasteiger partial charge in [0.2, 0.25) is 0 Å². The largest absolute Gasteiger partial charge is 0.361 e. The lowest BCUT2D eigenvalue weighted by molar-refractivity contribution is 0.0927. The maximum absolute atomic E-state index is 13.3. The smallest absolute Gasteiger partial charge is 0.270 e. The van der Waals surface area contributed by atoms with Crippen LogP contribution in [0.5, 0.6) is 0 Å². The molecule has 1 atom stereocenters. The van der Waals surface area contributed by atoms with Gasteiger partial charge in [0.25, 0.3) is 23.4 Å². The van der Waals surface area contributed by atoms with Crippen LogP contribution < -0.4 is 10.6 Å². The molecule has 1 aliphatic rings. The van der Waals surface area contributed by atoms with Gasteiger partial charge in [0, 0.05) is 18.2 Å². The Balaban J connectivity index is 1.36. The van der Waals surface area contributed by atoms with Crippen molar-refractivity contribution >= 4 is 29.2 Å². The number of amides is 2. The summed E-state index contributed by atoms with van der Waals surface area (Å²) in [7, 11) is 0. The Labute approximate surface area is 205 Å². The van der Waals surface area contributed by atoms with Gasteiger partial charge >= 0.3 is 0 Å². The van der Waals surface area contributed by atoms with Gasteiger partial charge in [-0.3, -0.25) is 14.4 Å². The van der Waals surface area contributed by atoms with Crippen LogP contribution in [0.25, 0.3) is 10.6 Å². The molecule has 11 heteroatoms. The number of hydrogen-bond acceptors (Lipinski definition) is 7. The number of fused-ring (bicyclic) bond motifs is 2. The van der Waals surface area contributed by atoms with Crippen LogP contribution in [0.3, 0.4) is 0 Å². The SMILES string of the molecule is [C-]#[N+]c1cc(CNC(=O)c2cc(C(=O)N[C@H]3CCc4cc(C(C)=O)ccc43)n3ncnc3n2)ccn1. The molecule has 0 aliphatic heterocycles. The second kappa shape index (κ2) is 9.34. The van der Waals surface area contributed by atoms with E-state index >= 15 is 0 Å². The number of nitrogens with one attached hydrogen (secondary N) is 2. The van der Waals surface area contributed by atoms with Crippen molar-refractivity contribution in [3.8, 4) is 0 Å². The fourth-order valence-electron chi connectivity index (χ4n) is 4.21. The van der Waals surface area contributed by atoms with Crippen LogP contribution >= 0.6 is 0 Å². The van der Waals surface area contributed by atoms with Crippen LogP contribution in [0.4, 0.5) is 5.82 Å². The molecule has 0 unspecified atom stereocenters. The Morgan fingerprint density at radius 3 is 2.81 bits per heavy atom. The Morgan fingerprint density at radius 2 is 2.00 bits per heavy atom. The minimum absolute atomic E-state index is 0.00258. The number of ketones is 1. The minimum Gasteiger partial charge on any atom is -0.361 e. The van der Waals surface area contributed by atoms with E-state index in [1.165, 1.54) is 30.0 Å². The first-order valence-electron chi connectivity index (χ1n) is 11.2. The standard InChI is InChI=1S/C25H20N8O3/c1-14(34)16-3-5-18-17(10-16)4-6-19(18)31-24(36)21-11-20(32-25-29-13-30-33(21)25)23(35)28-12-15-7-8-27-22(9-15)26-2/h3,5,7-11,13,19H,4,6,12H2,1H3,(H,28,35)(H,31,36)/t19-/m0/s1. The van der Waals surface area contributed by atoms with Gasteiger partial charge in [-0.15, -0.1) is 4.98 Å². The highest BCUT2D eigenvalue weighted by Gasteiger charge is 2.27. The van der Waals surface area contributed by atoms with Gasteiger partial charge in [-0.1, -0.05) is 18.7 Å². The summed E-state index contributed by atoms with van der Waals surface area (Å²) in [5.74, 6) is -0.582. The molecule has 3 heterocycles. The number of Topliss-reactive ketones (excluding diaryl/α,β-unsaturated/α-hetero) is 1. The molecule has 11 nitrogen and oxygen atoms in total. The summed E-state index contributed by atoms with van der Waals surface area (Å²) < 4.78 is 1.28. The molecule has 1 aliphatic carbocycles. The maximum atomic E-state index is 13.3. The quantitative estimate of drug-likeness (QED) is 0.320. The van der Waals surface area contributed by atoms with Crippen LogP contribution in [0.2, 0.25) is 0 Å². The zero-order valence-electron chi connectivity index (χ0n) is 19.2. The highest BCUT2D eigenvalue weighted by atomic mass is 16.2. The second-order valence-electron chi connectivity index (χ2n) is 8.35. The first-order valence-corrected chi connectivity index (χ1v) is 11.2. The molecule has 1 aromatic carbocycles. The predicted molar refractivity (Wildman–Crippen MR) is 127 cm³/mol. The van der Waals surface area contributed by atoms with E-state index in [-0.39, 0.29) is 41.4 Å². The van der Waals surface area contributed by atoms with Gasteiger partial charge in [0.05, 0.1) is 6.04 Å². The lowest BCUT2D eigenvalue weighted by atomic mass is 10.0. The molecular formula is C25H20N8O3. The molecule has 4 aromatic rings. The van der Waals surface area contributed by atoms with Crippen molar-refractivity contribution in [2.75, 3.05) is 0 Å². The molecule has 0 saturated heterocycles. The molecule has 36 heavy (non-hydrogen) atoms. The van der Waals surface area contributed by atoms with Crippen LogP contribution in [-0.2, 0) is 13.0 Å². The molecule has 0 radical (unpaired) electrons. The average Bonchev–Trinajstić information content (AvgIpc) is 3.53. The Hall–Kier alpha value is -4.98. The number of pyridine rings is 1. The molecule has 0 bridgehead atoms. The monoisotopic (exact) mass is 480 g/mol. The Morgan fingerprint density at radius 1 is 1.14 bits per heavy atom. The zero-order chi connectivity index (χ0) is 25.2. The normalized spacial score (nSPS) is 14.2. The third-order valence-corrected chi connectivity index (χ3v) is 6.03. The molecule has 0 spiro atoms. The maximum Gasteiger partial charge on any atom is 0.270 e. The van der Waals surface area contributed by atoms with Crippen molar-refractivity contribution in [1.82, 2.24) is 35.2 Å². The van der Waals surface area contributed by atoms with Crippen molar-refractivity contribution in [2.45, 2.75) is 32.4 Å². The number of rotatable bonds is 6.